The number of benzene rings is 1. The fourth-order valence-electron chi connectivity index (χ4n) is 5.45. The lowest BCUT2D eigenvalue weighted by Gasteiger charge is -2.38. The van der Waals surface area contributed by atoms with E-state index in [1.165, 1.54) is 6.07 Å². The number of carboxylic acids is 1. The van der Waals surface area contributed by atoms with E-state index in [9.17, 15) is 24.8 Å². The number of fused-ring (bicyclic) bond motifs is 2. The number of carbonyl (C=O) groups is 3. The maximum absolute atomic E-state index is 13.1. The van der Waals surface area contributed by atoms with Gasteiger partial charge in [0.25, 0.3) is 0 Å². The van der Waals surface area contributed by atoms with Crippen molar-refractivity contribution in [3.05, 3.63) is 35.4 Å². The molecule has 0 saturated carbocycles. The van der Waals surface area contributed by atoms with Crippen molar-refractivity contribution in [3.8, 4) is 6.07 Å². The highest BCUT2D eigenvalue weighted by Crippen LogP contribution is 2.38. The molecular formula is C23H29N5O4. The smallest absolute Gasteiger partial charge is 0.335 e. The number of nitrogens with zero attached hydrogens (tertiary/aromatic N) is 4. The first kappa shape index (κ1) is 22.2. The Morgan fingerprint density at radius 2 is 2.06 bits per heavy atom. The van der Waals surface area contributed by atoms with Gasteiger partial charge in [0.1, 0.15) is 6.04 Å². The molecule has 3 N–H and O–H groups in total. The molecule has 170 valence electrons. The minimum absolute atomic E-state index is 0.00282. The number of rotatable bonds is 6. The van der Waals surface area contributed by atoms with Crippen LogP contribution in [0.15, 0.2) is 24.3 Å². The monoisotopic (exact) mass is 439 g/mol. The van der Waals surface area contributed by atoms with Gasteiger partial charge in [0, 0.05) is 25.7 Å². The Labute approximate surface area is 187 Å². The summed E-state index contributed by atoms with van der Waals surface area (Å²) in [6, 6.07) is 7.10. The molecule has 0 aromatic heterocycles. The van der Waals surface area contributed by atoms with Crippen LogP contribution in [-0.2, 0) is 9.59 Å². The number of nitriles is 1. The van der Waals surface area contributed by atoms with Gasteiger partial charge in [-0.05, 0) is 43.4 Å². The van der Waals surface area contributed by atoms with Gasteiger partial charge in [0.2, 0.25) is 11.8 Å². The van der Waals surface area contributed by atoms with E-state index in [4.69, 9.17) is 5.73 Å². The number of likely N-dealkylation sites (tertiary alicyclic amines) is 3. The summed E-state index contributed by atoms with van der Waals surface area (Å²) in [5.41, 5.74) is 7.21. The van der Waals surface area contributed by atoms with Crippen LogP contribution < -0.4 is 5.73 Å². The number of carboxylic acid groups (broad SMARTS) is 1. The predicted molar refractivity (Wildman–Crippen MR) is 115 cm³/mol. The highest BCUT2D eigenvalue weighted by molar-refractivity contribution is 5.88. The molecule has 0 spiro atoms. The fourth-order valence-corrected chi connectivity index (χ4v) is 5.45. The molecule has 3 heterocycles. The summed E-state index contributed by atoms with van der Waals surface area (Å²) in [5, 5.41) is 18.6. The summed E-state index contributed by atoms with van der Waals surface area (Å²) >= 11 is 0. The second-order valence-electron chi connectivity index (χ2n) is 9.29. The highest BCUT2D eigenvalue weighted by Gasteiger charge is 2.51. The van der Waals surface area contributed by atoms with Crippen LogP contribution >= 0.6 is 0 Å². The molecule has 32 heavy (non-hydrogen) atoms. The van der Waals surface area contributed by atoms with Gasteiger partial charge in [0.05, 0.1) is 29.8 Å². The van der Waals surface area contributed by atoms with Crippen molar-refractivity contribution in [3.63, 3.8) is 0 Å². The van der Waals surface area contributed by atoms with Gasteiger partial charge >= 0.3 is 5.97 Å². The Hall–Kier alpha value is -2.96. The van der Waals surface area contributed by atoms with Gasteiger partial charge in [-0.15, -0.1) is 0 Å². The maximum atomic E-state index is 13.1. The Bertz CT molecular complexity index is 975. The quantitative estimate of drug-likeness (QED) is 0.671. The van der Waals surface area contributed by atoms with Gasteiger partial charge in [-0.1, -0.05) is 19.1 Å². The van der Waals surface area contributed by atoms with E-state index in [2.05, 4.69) is 6.07 Å². The van der Waals surface area contributed by atoms with E-state index in [1.807, 2.05) is 29.7 Å². The molecule has 5 unspecified atom stereocenters. The van der Waals surface area contributed by atoms with Crippen LogP contribution in [0.1, 0.15) is 48.7 Å². The predicted octanol–water partition coefficient (Wildman–Crippen LogP) is 0.819. The molecule has 9 heteroatoms. The van der Waals surface area contributed by atoms with Gasteiger partial charge in [-0.3, -0.25) is 14.5 Å². The molecule has 0 radical (unpaired) electrons. The number of nitrogens with two attached hydrogens (primary N) is 1. The summed E-state index contributed by atoms with van der Waals surface area (Å²) in [6.07, 6.45) is 1.34. The van der Waals surface area contributed by atoms with Gasteiger partial charge in [0.15, 0.2) is 0 Å². The number of carbonyl (C=O) groups excluding carboxylic acids is 2. The Morgan fingerprint density at radius 1 is 1.31 bits per heavy atom. The largest absolute Gasteiger partial charge is 0.478 e. The number of amides is 2. The van der Waals surface area contributed by atoms with E-state index in [0.717, 1.165) is 5.56 Å². The summed E-state index contributed by atoms with van der Waals surface area (Å²) in [5.74, 6) is -0.968. The lowest BCUT2D eigenvalue weighted by Crippen LogP contribution is -2.56. The molecule has 3 aliphatic heterocycles. The van der Waals surface area contributed by atoms with E-state index in [1.54, 1.807) is 17.0 Å². The highest BCUT2D eigenvalue weighted by atomic mass is 16.4. The molecule has 4 rings (SSSR count). The third-order valence-corrected chi connectivity index (χ3v) is 7.04. The van der Waals surface area contributed by atoms with Crippen LogP contribution in [0.2, 0.25) is 0 Å². The molecule has 6 atom stereocenters. The average molecular weight is 440 g/mol. The molecule has 1 aromatic carbocycles. The Balaban J connectivity index is 1.40. The number of piperazine rings is 1. The normalized spacial score (nSPS) is 29.2. The first-order chi connectivity index (χ1) is 15.2. The topological polar surface area (TPSA) is 131 Å². The van der Waals surface area contributed by atoms with Crippen LogP contribution in [0.25, 0.3) is 0 Å². The molecule has 3 saturated heterocycles. The zero-order valence-corrected chi connectivity index (χ0v) is 18.3. The van der Waals surface area contributed by atoms with E-state index in [0.29, 0.717) is 25.9 Å². The molecule has 1 aromatic rings. The molecule has 3 fully saturated rings. The SMILES string of the molecule is CC1CC(C#N)N(C(=O)C(N)CN2C[C@@H]3CC2C(=O)N3C(C)c2cccc(C(=O)O)c2)C1. The van der Waals surface area contributed by atoms with Crippen LogP contribution in [-0.4, -0.2) is 81.4 Å². The third-order valence-electron chi connectivity index (χ3n) is 7.04. The van der Waals surface area contributed by atoms with Gasteiger partial charge in [-0.2, -0.15) is 5.26 Å². The molecule has 2 amide bonds. The maximum Gasteiger partial charge on any atom is 0.335 e. The van der Waals surface area contributed by atoms with E-state index in [-0.39, 0.29) is 48.0 Å². The lowest BCUT2D eigenvalue weighted by atomic mass is 10.0. The van der Waals surface area contributed by atoms with Crippen molar-refractivity contribution in [2.45, 2.75) is 56.9 Å². The summed E-state index contributed by atoms with van der Waals surface area (Å²) in [7, 11) is 0. The second kappa shape index (κ2) is 8.52. The van der Waals surface area contributed by atoms with Crippen LogP contribution in [0.4, 0.5) is 0 Å². The number of hydrogen-bond acceptors (Lipinski definition) is 6. The van der Waals surface area contributed by atoms with Crippen molar-refractivity contribution in [1.82, 2.24) is 14.7 Å². The fraction of sp³-hybridized carbons (Fsp3) is 0.565. The molecule has 9 nitrogen and oxygen atoms in total. The van der Waals surface area contributed by atoms with Crippen LogP contribution in [0, 0.1) is 17.2 Å². The summed E-state index contributed by atoms with van der Waals surface area (Å²) < 4.78 is 0. The standard InChI is InChI=1S/C23H29N5O4/c1-13-6-17(9-24)27(10-13)21(29)19(25)12-26-11-18-8-20(26)22(30)28(18)14(2)15-4-3-5-16(7-15)23(31)32/h3-5,7,13-14,17-20H,6,8,10-12,25H2,1-2H3,(H,31,32)/t13?,14?,17?,18-,19?,20?/m0/s1. The van der Waals surface area contributed by atoms with Crippen molar-refractivity contribution >= 4 is 17.8 Å². The first-order valence-corrected chi connectivity index (χ1v) is 11.1. The van der Waals surface area contributed by atoms with E-state index >= 15 is 0 Å². The van der Waals surface area contributed by atoms with Crippen molar-refractivity contribution in [2.24, 2.45) is 11.7 Å². The second-order valence-corrected chi connectivity index (χ2v) is 9.29. The van der Waals surface area contributed by atoms with Crippen molar-refractivity contribution in [1.29, 1.82) is 5.26 Å². The first-order valence-electron chi connectivity index (χ1n) is 11.1. The molecule has 2 bridgehead atoms. The third kappa shape index (κ3) is 3.85. The minimum Gasteiger partial charge on any atom is -0.478 e. The van der Waals surface area contributed by atoms with Gasteiger partial charge in [-0.25, -0.2) is 4.79 Å². The average Bonchev–Trinajstić information content (AvgIpc) is 3.44. The van der Waals surface area contributed by atoms with Crippen LogP contribution in [0.5, 0.6) is 0 Å². The number of aromatic carboxylic acids is 1. The van der Waals surface area contributed by atoms with Crippen molar-refractivity contribution < 1.29 is 19.5 Å². The molecule has 0 aliphatic carbocycles. The van der Waals surface area contributed by atoms with E-state index < -0.39 is 18.1 Å². The molecule has 3 aliphatic rings. The van der Waals surface area contributed by atoms with Gasteiger partial charge < -0.3 is 20.6 Å². The zero-order valence-electron chi connectivity index (χ0n) is 18.3. The minimum atomic E-state index is -0.996. The Kier molecular flexibility index (Phi) is 5.93. The zero-order chi connectivity index (χ0) is 23.2. The number of hydrogen-bond donors (Lipinski definition) is 2. The lowest BCUT2D eigenvalue weighted by molar-refractivity contribution is -0.141. The van der Waals surface area contributed by atoms with Crippen molar-refractivity contribution in [2.75, 3.05) is 19.6 Å². The van der Waals surface area contributed by atoms with Crippen LogP contribution in [0.3, 0.4) is 0 Å². The summed E-state index contributed by atoms with van der Waals surface area (Å²) in [6.45, 7) is 5.37. The Morgan fingerprint density at radius 3 is 2.72 bits per heavy atom. The molecular weight excluding hydrogens is 410 g/mol. The summed E-state index contributed by atoms with van der Waals surface area (Å²) in [4.78, 5) is 42.7.